The van der Waals surface area contributed by atoms with Gasteiger partial charge in [-0.15, -0.1) is 0 Å². The first-order valence-electron chi connectivity index (χ1n) is 39.7. The molecular weight excluding hydrogens is 1780 g/mol. The first kappa shape index (κ1) is 102. The van der Waals surface area contributed by atoms with Crippen LogP contribution < -0.4 is 58.6 Å². The van der Waals surface area contributed by atoms with Crippen molar-refractivity contribution in [2.45, 2.75) is 138 Å². The van der Waals surface area contributed by atoms with Crippen molar-refractivity contribution >= 4 is 152 Å². The molecule has 0 atom stereocenters. The monoisotopic (exact) mass is 1880 g/mol. The number of halogens is 5. The van der Waals surface area contributed by atoms with Gasteiger partial charge in [0, 0.05) is 45.0 Å². The number of hydrogen-bond donors (Lipinski definition) is 9. The minimum atomic E-state index is -3.20. The molecule has 0 unspecified atom stereocenters. The van der Waals surface area contributed by atoms with Crippen LogP contribution in [0.5, 0.6) is 57.5 Å². The van der Waals surface area contributed by atoms with E-state index in [9.17, 15) is 44.4 Å². The molecule has 11 rings (SSSR count). The van der Waals surface area contributed by atoms with Gasteiger partial charge in [-0.05, 0) is 115 Å². The van der Waals surface area contributed by atoms with Crippen LogP contribution in [0.4, 0.5) is 0 Å². The van der Waals surface area contributed by atoms with Crippen molar-refractivity contribution in [3.05, 3.63) is 293 Å². The molecule has 0 spiro atoms. The third-order valence-corrected chi connectivity index (χ3v) is 39.9. The molecule has 0 aliphatic heterocycles. The molecule has 0 bridgehead atoms. The molecule has 0 aliphatic carbocycles. The van der Waals surface area contributed by atoms with Gasteiger partial charge in [0.05, 0.1) is 39.3 Å². The van der Waals surface area contributed by atoms with E-state index in [0.717, 1.165) is 43.2 Å². The third kappa shape index (κ3) is 23.1. The fourth-order valence-electron chi connectivity index (χ4n) is 14.7. The first-order valence-corrected chi connectivity index (χ1v) is 51.0. The number of carbonyl (C=O) groups is 5. The van der Waals surface area contributed by atoms with Gasteiger partial charge in [0.2, 0.25) is 0 Å². The predicted octanol–water partition coefficient (Wildman–Crippen LogP) is 21.1. The number of phenolic OH excluding ortho intramolecular Hbond substituents is 1. The summed E-state index contributed by atoms with van der Waals surface area (Å²) in [6, 6.07) is 68.7. The van der Waals surface area contributed by atoms with Crippen LogP contribution in [0.15, 0.2) is 212 Å². The van der Waals surface area contributed by atoms with Gasteiger partial charge >= 0.3 is 54.8 Å². The number of carboxylic acid groups (broad SMARTS) is 5. The highest BCUT2D eigenvalue weighted by Gasteiger charge is 2.56. The van der Waals surface area contributed by atoms with Gasteiger partial charge in [-0.2, -0.15) is 0 Å². The maximum Gasteiger partial charge on any atom is 0.339 e. The number of aromatic carboxylic acids is 5. The standard InChI is InChI=1S/C40H43ClO4Si2.C24H25ClO4Si.C14H21ClO5Si.C10H11ClO4.C8H7ClO4/c1-29-36(38(42)43)34(44-46(39(2,3)4,30-20-12-8-13-21-30)31-22-14-9-15-23-31)28-35(37(29)41)45-47(40(5,6)7,32-24-16-10-17-25-32)33-26-18-11-19-27-33;1-16-21(23(27)28)19(26)15-20(22(16)25)29-30(24(2,3)4,17-11-7-5-8-12-17)18-13-9-6-10-14-18;1-9-12(14(17)18)10(16)7-11(13(9)15)20-8-19-5-6-21(2,3)4;1-5-8(10(12)13)6(14-2)4-7(15-3)9(5)11;1-3-6(8(12)13)4(10)2-5(11)7(3)9/h8-28H,1-7H3,(H,42,43);5-15,26H,1-4H3,(H,27,28);7,16H,5-6,8H2,1-4H3,(H,17,18);4H,1-3H3,(H,12,13);2,10-11H,1H3,(H,12,13). The van der Waals surface area contributed by atoms with Crippen LogP contribution in [0.3, 0.4) is 0 Å². The largest absolute Gasteiger partial charge is 0.533 e. The third-order valence-electron chi connectivity index (χ3n) is 21.0. The summed E-state index contributed by atoms with van der Waals surface area (Å²) >= 11 is 31.3. The van der Waals surface area contributed by atoms with E-state index in [2.05, 4.69) is 155 Å². The summed E-state index contributed by atoms with van der Waals surface area (Å²) in [5.41, 5.74) is 0.901. The molecule has 9 N–H and O–H groups in total. The average molecular weight is 1890 g/mol. The number of phenols is 4. The molecule has 30 heteroatoms. The normalized spacial score (nSPS) is 11.6. The molecule has 0 fully saturated rings. The molecule has 0 aliphatic rings. The van der Waals surface area contributed by atoms with Gasteiger partial charge in [-0.25, -0.2) is 24.0 Å². The highest BCUT2D eigenvalue weighted by Crippen LogP contribution is 2.48. The number of hydrogen-bond acceptors (Lipinski definition) is 16. The minimum absolute atomic E-state index is 0.00942. The SMILES string of the molecule is COc1cc(OC)c(C(=O)O)c(C)c1Cl.Cc1c(Cl)c(O)cc(O)c1C(=O)O.Cc1c(Cl)c(OCOCC[Si](C)(C)C)cc(O)c1C(=O)O.Cc1c(Cl)c(O[Si](c2ccccc2)(c2ccccc2)C(C)(C)C)cc(O)c1C(=O)O.Cc1c(Cl)c(O[Si](c2ccccc2)(c2ccccc2)C(C)(C)C)cc(O[Si](c2ccccc2)(c2ccccc2)C(C)(C)C)c1C(=O)O. The quantitative estimate of drug-likeness (QED) is 0.0146. The molecule has 11 aromatic carbocycles. The zero-order chi connectivity index (χ0) is 94.1. The number of aromatic hydroxyl groups is 4. The molecule has 0 amide bonds. The summed E-state index contributed by atoms with van der Waals surface area (Å²) in [5.74, 6) is -5.69. The summed E-state index contributed by atoms with van der Waals surface area (Å²) in [6.45, 7) is 34.7. The Kier molecular flexibility index (Phi) is 34.9. The first-order chi connectivity index (χ1) is 58.9. The molecule has 0 radical (unpaired) electrons. The lowest BCUT2D eigenvalue weighted by atomic mass is 10.1. The lowest BCUT2D eigenvalue weighted by molar-refractivity contribution is 0.0219. The highest BCUT2D eigenvalue weighted by molar-refractivity contribution is 7.01. The maximum atomic E-state index is 13.0. The second kappa shape index (κ2) is 43.0. The van der Waals surface area contributed by atoms with Crippen molar-refractivity contribution in [1.29, 1.82) is 0 Å². The van der Waals surface area contributed by atoms with Crippen LogP contribution >= 0.6 is 58.0 Å². The van der Waals surface area contributed by atoms with E-state index in [-0.39, 0.29) is 127 Å². The molecule has 0 saturated carbocycles. The van der Waals surface area contributed by atoms with Gasteiger partial charge in [-0.1, -0.05) is 322 Å². The van der Waals surface area contributed by atoms with Gasteiger partial charge in [0.1, 0.15) is 85.3 Å². The van der Waals surface area contributed by atoms with Crippen LogP contribution in [0.2, 0.25) is 65.9 Å². The number of methoxy groups -OCH3 is 2. The number of ether oxygens (including phenoxy) is 4. The van der Waals surface area contributed by atoms with Crippen LogP contribution in [0.1, 0.15) is 142 Å². The Morgan fingerprint density at radius 1 is 0.310 bits per heavy atom. The Balaban J connectivity index is 0.000000236. The maximum absolute atomic E-state index is 13.0. The highest BCUT2D eigenvalue weighted by atomic mass is 35.5. The molecule has 0 saturated heterocycles. The predicted molar refractivity (Wildman–Crippen MR) is 510 cm³/mol. The fraction of sp³-hybridized carbons (Fsp3) is 0.260. The zero-order valence-corrected chi connectivity index (χ0v) is 81.4. The van der Waals surface area contributed by atoms with E-state index in [1.807, 2.05) is 109 Å². The minimum Gasteiger partial charge on any atom is -0.533 e. The molecular formula is C96H107Cl5O21Si4. The van der Waals surface area contributed by atoms with Crippen molar-refractivity contribution in [1.82, 2.24) is 0 Å². The Labute approximate surface area is 764 Å². The van der Waals surface area contributed by atoms with Crippen LogP contribution in [-0.4, -0.2) is 136 Å². The molecule has 21 nitrogen and oxygen atoms in total. The second-order valence-electron chi connectivity index (χ2n) is 33.7. The smallest absolute Gasteiger partial charge is 0.339 e. The summed E-state index contributed by atoms with van der Waals surface area (Å²) < 4.78 is 42.3. The summed E-state index contributed by atoms with van der Waals surface area (Å²) in [6.07, 6.45) is 0. The van der Waals surface area contributed by atoms with Crippen LogP contribution in [0, 0.1) is 34.6 Å². The molecule has 0 heterocycles. The van der Waals surface area contributed by atoms with E-state index in [1.165, 1.54) is 46.3 Å². The van der Waals surface area contributed by atoms with E-state index >= 15 is 0 Å². The lowest BCUT2D eigenvalue weighted by Gasteiger charge is -2.44. The Morgan fingerprint density at radius 3 is 0.833 bits per heavy atom. The fourth-order valence-corrected chi connectivity index (χ4v) is 29.8. The molecule has 0 aromatic heterocycles. The second-order valence-corrected chi connectivity index (χ2v) is 53.9. The van der Waals surface area contributed by atoms with E-state index in [0.29, 0.717) is 29.2 Å². The number of carboxylic acids is 5. The van der Waals surface area contributed by atoms with Crippen molar-refractivity contribution in [3.8, 4) is 57.5 Å². The zero-order valence-electron chi connectivity index (χ0n) is 73.6. The van der Waals surface area contributed by atoms with E-state index in [4.69, 9.17) is 116 Å². The van der Waals surface area contributed by atoms with Crippen molar-refractivity contribution in [2.24, 2.45) is 0 Å². The topological polar surface area (TPSA) is 332 Å². The van der Waals surface area contributed by atoms with Gasteiger partial charge in [-0.3, -0.25) is 0 Å². The van der Waals surface area contributed by atoms with Gasteiger partial charge < -0.3 is 78.2 Å². The number of benzene rings is 11. The summed E-state index contributed by atoms with van der Waals surface area (Å²) in [4.78, 5) is 57.2. The number of rotatable bonds is 25. The van der Waals surface area contributed by atoms with Crippen LogP contribution in [0.25, 0.3) is 0 Å². The van der Waals surface area contributed by atoms with Gasteiger partial charge in [0.15, 0.2) is 6.79 Å². The van der Waals surface area contributed by atoms with Crippen molar-refractivity contribution < 1.29 is 102 Å². The molecule has 11 aromatic rings. The van der Waals surface area contributed by atoms with Crippen molar-refractivity contribution in [2.75, 3.05) is 27.6 Å². The Hall–Kier alpha value is -11.0. The van der Waals surface area contributed by atoms with E-state index in [1.54, 1.807) is 26.8 Å². The summed E-state index contributed by atoms with van der Waals surface area (Å²) in [7, 11) is -7.56. The van der Waals surface area contributed by atoms with Crippen molar-refractivity contribution in [3.63, 3.8) is 0 Å². The average Bonchev–Trinajstić information content (AvgIpc) is 0.735. The Bertz CT molecular complexity index is 5560. The van der Waals surface area contributed by atoms with Gasteiger partial charge in [0.25, 0.3) is 0 Å². The summed E-state index contributed by atoms with van der Waals surface area (Å²) in [5, 5.41) is 91.3. The van der Waals surface area contributed by atoms with Crippen LogP contribution in [-0.2, 0) is 4.74 Å². The molecule has 126 heavy (non-hydrogen) atoms. The molecule has 668 valence electrons. The lowest BCUT2D eigenvalue weighted by Crippen LogP contribution is -2.69. The Morgan fingerprint density at radius 2 is 0.548 bits per heavy atom. The van der Waals surface area contributed by atoms with E-state index < -0.39 is 73.7 Å².